The molecule has 0 unspecified atom stereocenters. The van der Waals surface area contributed by atoms with E-state index < -0.39 is 5.67 Å². The first-order valence-electron chi connectivity index (χ1n) is 4.70. The second-order valence-corrected chi connectivity index (χ2v) is 4.25. The Balaban J connectivity index is 2.94. The van der Waals surface area contributed by atoms with E-state index in [9.17, 15) is 4.39 Å². The minimum absolute atomic E-state index is 0.511. The van der Waals surface area contributed by atoms with Gasteiger partial charge < -0.3 is 0 Å². The monoisotopic (exact) mass is 180 g/mol. The smallest absolute Gasteiger partial charge is 0.130 e. The maximum atomic E-state index is 13.5. The lowest BCUT2D eigenvalue weighted by molar-refractivity contribution is 0.221. The minimum atomic E-state index is -1.23. The van der Waals surface area contributed by atoms with E-state index in [1.54, 1.807) is 13.8 Å². The van der Waals surface area contributed by atoms with Crippen LogP contribution in [0.1, 0.15) is 44.7 Å². The van der Waals surface area contributed by atoms with Gasteiger partial charge in [0.05, 0.1) is 0 Å². The molecule has 0 fully saturated rings. The fourth-order valence-electron chi connectivity index (χ4n) is 1.26. The highest BCUT2D eigenvalue weighted by molar-refractivity contribution is 5.27. The largest absolute Gasteiger partial charge is 0.239 e. The van der Waals surface area contributed by atoms with Crippen LogP contribution in [0.3, 0.4) is 0 Å². The summed E-state index contributed by atoms with van der Waals surface area (Å²) in [5.74, 6) is 0.511. The van der Waals surface area contributed by atoms with Crippen molar-refractivity contribution in [1.29, 1.82) is 0 Å². The third-order valence-electron chi connectivity index (χ3n) is 2.26. The molecule has 0 saturated heterocycles. The van der Waals surface area contributed by atoms with E-state index in [1.807, 2.05) is 24.3 Å². The molecule has 0 amide bonds. The molecule has 1 heteroatoms. The highest BCUT2D eigenvalue weighted by Gasteiger charge is 2.17. The maximum absolute atomic E-state index is 13.5. The van der Waals surface area contributed by atoms with Gasteiger partial charge in [0.1, 0.15) is 5.67 Å². The molecule has 0 heterocycles. The Morgan fingerprint density at radius 3 is 1.85 bits per heavy atom. The van der Waals surface area contributed by atoms with Gasteiger partial charge in [-0.25, -0.2) is 4.39 Å². The summed E-state index contributed by atoms with van der Waals surface area (Å²) in [4.78, 5) is 0. The van der Waals surface area contributed by atoms with Crippen molar-refractivity contribution in [2.45, 2.75) is 39.3 Å². The van der Waals surface area contributed by atoms with Gasteiger partial charge in [-0.15, -0.1) is 0 Å². The molecule has 0 aliphatic heterocycles. The molecule has 0 N–H and O–H groups in total. The van der Waals surface area contributed by atoms with Crippen molar-refractivity contribution in [2.24, 2.45) is 0 Å². The zero-order valence-corrected chi connectivity index (χ0v) is 8.76. The number of hydrogen-bond acceptors (Lipinski definition) is 0. The van der Waals surface area contributed by atoms with Crippen molar-refractivity contribution < 1.29 is 4.39 Å². The third-order valence-corrected chi connectivity index (χ3v) is 2.26. The van der Waals surface area contributed by atoms with Crippen LogP contribution in [0.15, 0.2) is 24.3 Å². The first-order valence-corrected chi connectivity index (χ1v) is 4.70. The fraction of sp³-hybridized carbons (Fsp3) is 0.500. The molecule has 1 rings (SSSR count). The van der Waals surface area contributed by atoms with Crippen molar-refractivity contribution >= 4 is 0 Å². The SMILES string of the molecule is CC(C)c1ccc(C(C)(C)F)cc1. The molecule has 1 aromatic carbocycles. The van der Waals surface area contributed by atoms with Crippen LogP contribution in [0.4, 0.5) is 4.39 Å². The highest BCUT2D eigenvalue weighted by atomic mass is 19.1. The van der Waals surface area contributed by atoms with Crippen LogP contribution in [-0.2, 0) is 5.67 Å². The van der Waals surface area contributed by atoms with Crippen molar-refractivity contribution in [3.63, 3.8) is 0 Å². The Kier molecular flexibility index (Phi) is 2.74. The quantitative estimate of drug-likeness (QED) is 0.645. The van der Waals surface area contributed by atoms with Crippen LogP contribution in [0.2, 0.25) is 0 Å². The molecule has 0 spiro atoms. The molecule has 72 valence electrons. The predicted molar refractivity (Wildman–Crippen MR) is 54.7 cm³/mol. The topological polar surface area (TPSA) is 0 Å². The number of hydrogen-bond donors (Lipinski definition) is 0. The molecule has 0 atom stereocenters. The number of rotatable bonds is 2. The normalized spacial score (nSPS) is 12.2. The summed E-state index contributed by atoms with van der Waals surface area (Å²) in [5, 5.41) is 0. The molecule has 0 bridgehead atoms. The van der Waals surface area contributed by atoms with Gasteiger partial charge >= 0.3 is 0 Å². The van der Waals surface area contributed by atoms with Crippen LogP contribution in [0.25, 0.3) is 0 Å². The molecule has 0 aliphatic rings. The Morgan fingerprint density at radius 1 is 1.08 bits per heavy atom. The molecule has 0 saturated carbocycles. The van der Waals surface area contributed by atoms with E-state index in [0.29, 0.717) is 5.92 Å². The molecule has 0 nitrogen and oxygen atoms in total. The Hall–Kier alpha value is -0.850. The fourth-order valence-corrected chi connectivity index (χ4v) is 1.26. The van der Waals surface area contributed by atoms with Gasteiger partial charge in [-0.1, -0.05) is 38.1 Å². The number of benzene rings is 1. The van der Waals surface area contributed by atoms with E-state index in [4.69, 9.17) is 0 Å². The summed E-state index contributed by atoms with van der Waals surface area (Å²) in [5.41, 5.74) is 0.778. The third kappa shape index (κ3) is 2.55. The molecule has 0 aliphatic carbocycles. The van der Waals surface area contributed by atoms with Gasteiger partial charge in [-0.3, -0.25) is 0 Å². The van der Waals surface area contributed by atoms with Crippen LogP contribution >= 0.6 is 0 Å². The lowest BCUT2D eigenvalue weighted by atomic mass is 9.96. The van der Waals surface area contributed by atoms with Crippen molar-refractivity contribution in [1.82, 2.24) is 0 Å². The Morgan fingerprint density at radius 2 is 1.54 bits per heavy atom. The zero-order valence-electron chi connectivity index (χ0n) is 8.76. The van der Waals surface area contributed by atoms with E-state index in [1.165, 1.54) is 5.56 Å². The molecule has 13 heavy (non-hydrogen) atoms. The summed E-state index contributed by atoms with van der Waals surface area (Å²) < 4.78 is 13.5. The van der Waals surface area contributed by atoms with Crippen molar-refractivity contribution in [3.8, 4) is 0 Å². The average molecular weight is 180 g/mol. The van der Waals surface area contributed by atoms with E-state index in [0.717, 1.165) is 5.56 Å². The maximum Gasteiger partial charge on any atom is 0.130 e. The summed E-state index contributed by atoms with van der Waals surface area (Å²) in [6.07, 6.45) is 0. The molecular weight excluding hydrogens is 163 g/mol. The standard InChI is InChI=1S/C12H17F/c1-9(2)10-5-7-11(8-6-10)12(3,4)13/h5-9H,1-4H3. The Labute approximate surface area is 79.8 Å². The second kappa shape index (κ2) is 3.49. The molecular formula is C12H17F. The molecule has 1 aromatic rings. The van der Waals surface area contributed by atoms with Gasteiger partial charge in [-0.05, 0) is 30.9 Å². The first-order chi connectivity index (χ1) is 5.91. The second-order valence-electron chi connectivity index (χ2n) is 4.25. The van der Waals surface area contributed by atoms with Crippen molar-refractivity contribution in [2.75, 3.05) is 0 Å². The van der Waals surface area contributed by atoms with Crippen LogP contribution in [0.5, 0.6) is 0 Å². The minimum Gasteiger partial charge on any atom is -0.239 e. The summed E-state index contributed by atoms with van der Waals surface area (Å²) in [7, 11) is 0. The van der Waals surface area contributed by atoms with E-state index in [2.05, 4.69) is 13.8 Å². The summed E-state index contributed by atoms with van der Waals surface area (Å²) in [6, 6.07) is 7.74. The first kappa shape index (κ1) is 10.2. The highest BCUT2D eigenvalue weighted by Crippen LogP contribution is 2.25. The average Bonchev–Trinajstić information content (AvgIpc) is 2.03. The zero-order chi connectivity index (χ0) is 10.1. The lowest BCUT2D eigenvalue weighted by Crippen LogP contribution is -2.08. The summed E-state index contributed by atoms with van der Waals surface area (Å²) in [6.45, 7) is 7.43. The van der Waals surface area contributed by atoms with Gasteiger partial charge in [0, 0.05) is 0 Å². The lowest BCUT2D eigenvalue weighted by Gasteiger charge is -2.15. The van der Waals surface area contributed by atoms with Gasteiger partial charge in [0.2, 0.25) is 0 Å². The van der Waals surface area contributed by atoms with Gasteiger partial charge in [0.25, 0.3) is 0 Å². The Bertz CT molecular complexity index is 264. The van der Waals surface area contributed by atoms with Crippen LogP contribution < -0.4 is 0 Å². The summed E-state index contributed by atoms with van der Waals surface area (Å²) >= 11 is 0. The van der Waals surface area contributed by atoms with Crippen molar-refractivity contribution in [3.05, 3.63) is 35.4 Å². The van der Waals surface area contributed by atoms with Crippen LogP contribution in [0, 0.1) is 0 Å². The van der Waals surface area contributed by atoms with Gasteiger partial charge in [0.15, 0.2) is 0 Å². The molecule has 0 aromatic heterocycles. The van der Waals surface area contributed by atoms with E-state index in [-0.39, 0.29) is 0 Å². The number of alkyl halides is 1. The number of halogens is 1. The predicted octanol–water partition coefficient (Wildman–Crippen LogP) is 4.01. The van der Waals surface area contributed by atoms with Gasteiger partial charge in [-0.2, -0.15) is 0 Å². The molecule has 0 radical (unpaired) electrons. The van der Waals surface area contributed by atoms with Crippen LogP contribution in [-0.4, -0.2) is 0 Å². The van der Waals surface area contributed by atoms with E-state index >= 15 is 0 Å².